The summed E-state index contributed by atoms with van der Waals surface area (Å²) in [5.41, 5.74) is 6.21. The Morgan fingerprint density at radius 1 is 0.872 bits per heavy atom. The number of nitrogens with one attached hydrogen (secondary N) is 4. The third-order valence-electron chi connectivity index (χ3n) is 6.38. The second-order valence-corrected chi connectivity index (χ2v) is 9.76. The van der Waals surface area contributed by atoms with E-state index in [1.54, 1.807) is 30.3 Å². The van der Waals surface area contributed by atoms with Crippen molar-refractivity contribution in [2.24, 2.45) is 5.73 Å². The molecule has 6 atom stereocenters. The van der Waals surface area contributed by atoms with E-state index >= 15 is 0 Å². The van der Waals surface area contributed by atoms with Gasteiger partial charge in [-0.25, -0.2) is 4.79 Å². The molecule has 13 heteroatoms. The van der Waals surface area contributed by atoms with E-state index in [-0.39, 0.29) is 13.0 Å². The van der Waals surface area contributed by atoms with Gasteiger partial charge in [-0.1, -0.05) is 30.3 Å². The molecule has 2 rings (SSSR count). The van der Waals surface area contributed by atoms with Crippen molar-refractivity contribution >= 4 is 35.5 Å². The van der Waals surface area contributed by atoms with Gasteiger partial charge in [0.15, 0.2) is 0 Å². The molecule has 1 aromatic carbocycles. The first kappa shape index (κ1) is 31.2. The van der Waals surface area contributed by atoms with Crippen LogP contribution < -0.4 is 27.0 Å². The smallest absolute Gasteiger partial charge is 0.326 e. The summed E-state index contributed by atoms with van der Waals surface area (Å²) in [4.78, 5) is 75.8. The number of hydrogen-bond donors (Lipinski definition) is 6. The van der Waals surface area contributed by atoms with Gasteiger partial charge in [0, 0.05) is 13.0 Å². The number of aliphatic carboxylic acids is 1. The molecule has 1 aromatic rings. The first-order chi connectivity index (χ1) is 18.3. The topological polar surface area (TPSA) is 200 Å². The lowest BCUT2D eigenvalue weighted by atomic mass is 10.1. The lowest BCUT2D eigenvalue weighted by molar-refractivity contribution is -0.144. The van der Waals surface area contributed by atoms with Gasteiger partial charge in [-0.05, 0) is 46.1 Å². The fourth-order valence-electron chi connectivity index (χ4n) is 4.08. The van der Waals surface area contributed by atoms with Gasteiger partial charge in [-0.15, -0.1) is 0 Å². The molecule has 0 bridgehead atoms. The van der Waals surface area contributed by atoms with Gasteiger partial charge < -0.3 is 37.0 Å². The highest BCUT2D eigenvalue weighted by Crippen LogP contribution is 2.19. The second kappa shape index (κ2) is 14.2. The van der Waals surface area contributed by atoms with Gasteiger partial charge in [0.2, 0.25) is 29.5 Å². The maximum absolute atomic E-state index is 13.1. The van der Waals surface area contributed by atoms with Crippen LogP contribution in [0, 0.1) is 0 Å². The van der Waals surface area contributed by atoms with E-state index in [0.717, 1.165) is 5.56 Å². The molecule has 0 spiro atoms. The van der Waals surface area contributed by atoms with E-state index in [0.29, 0.717) is 12.8 Å². The monoisotopic (exact) mass is 546 g/mol. The predicted molar refractivity (Wildman–Crippen MR) is 141 cm³/mol. The standard InChI is InChI=1S/C26H38N6O7/c1-14(27)21(33)28-15(2)22(34)29-16(3)23(35)30-17(4)25(37)32-12-8-11-20(32)24(36)31-19(26(38)39)13-18-9-6-5-7-10-18/h5-7,9-10,14-17,19-20H,8,11-13,27H2,1-4H3,(H,28,33)(H,29,34)(H,30,35)(H,31,36)(H,38,39). The highest BCUT2D eigenvalue weighted by molar-refractivity contribution is 5.96. The van der Waals surface area contributed by atoms with Crippen molar-refractivity contribution in [2.75, 3.05) is 6.54 Å². The fraction of sp³-hybridized carbons (Fsp3) is 0.538. The minimum atomic E-state index is -1.19. The number of likely N-dealkylation sites (tertiary alicyclic amines) is 1. The molecular weight excluding hydrogens is 508 g/mol. The Kier molecular flexibility index (Phi) is 11.4. The molecule has 214 valence electrons. The van der Waals surface area contributed by atoms with Crippen LogP contribution >= 0.6 is 0 Å². The maximum Gasteiger partial charge on any atom is 0.326 e. The van der Waals surface area contributed by atoms with Crippen molar-refractivity contribution in [2.45, 2.75) is 83.2 Å². The summed E-state index contributed by atoms with van der Waals surface area (Å²) < 4.78 is 0. The first-order valence-corrected chi connectivity index (χ1v) is 12.9. The molecule has 39 heavy (non-hydrogen) atoms. The molecule has 1 aliphatic heterocycles. The molecular formula is C26H38N6O7. The number of nitrogens with two attached hydrogens (primary N) is 1. The minimum absolute atomic E-state index is 0.0895. The van der Waals surface area contributed by atoms with Crippen LogP contribution in [0.15, 0.2) is 30.3 Å². The number of carbonyl (C=O) groups is 6. The number of amides is 5. The van der Waals surface area contributed by atoms with Gasteiger partial charge in [-0.3, -0.25) is 24.0 Å². The summed E-state index contributed by atoms with van der Waals surface area (Å²) in [5, 5.41) is 19.6. The van der Waals surface area contributed by atoms with E-state index in [2.05, 4.69) is 21.3 Å². The van der Waals surface area contributed by atoms with E-state index in [1.807, 2.05) is 0 Å². The van der Waals surface area contributed by atoms with Crippen LogP contribution in [0.3, 0.4) is 0 Å². The van der Waals surface area contributed by atoms with Crippen LogP contribution in [0.5, 0.6) is 0 Å². The summed E-state index contributed by atoms with van der Waals surface area (Å²) in [5.74, 6) is -4.04. The Bertz CT molecular complexity index is 1060. The minimum Gasteiger partial charge on any atom is -0.480 e. The van der Waals surface area contributed by atoms with Crippen molar-refractivity contribution in [3.63, 3.8) is 0 Å². The zero-order chi connectivity index (χ0) is 29.3. The molecule has 0 radical (unpaired) electrons. The molecule has 1 fully saturated rings. The molecule has 0 aliphatic carbocycles. The number of rotatable bonds is 12. The number of nitrogens with zero attached hydrogens (tertiary/aromatic N) is 1. The molecule has 1 heterocycles. The summed E-state index contributed by atoms with van der Waals surface area (Å²) in [6, 6.07) is 3.07. The number of carbonyl (C=O) groups excluding carboxylic acids is 5. The van der Waals surface area contributed by atoms with Crippen molar-refractivity contribution in [1.29, 1.82) is 0 Å². The fourth-order valence-corrected chi connectivity index (χ4v) is 4.08. The Morgan fingerprint density at radius 2 is 1.41 bits per heavy atom. The summed E-state index contributed by atoms with van der Waals surface area (Å²) in [6.07, 6.45) is 0.984. The second-order valence-electron chi connectivity index (χ2n) is 9.76. The van der Waals surface area contributed by atoms with E-state index in [1.165, 1.54) is 32.6 Å². The quantitative estimate of drug-likeness (QED) is 0.185. The largest absolute Gasteiger partial charge is 0.480 e. The molecule has 0 saturated carbocycles. The lowest BCUT2D eigenvalue weighted by Gasteiger charge is -2.28. The summed E-state index contributed by atoms with van der Waals surface area (Å²) >= 11 is 0. The molecule has 5 amide bonds. The van der Waals surface area contributed by atoms with Gasteiger partial charge in [0.05, 0.1) is 6.04 Å². The van der Waals surface area contributed by atoms with E-state index in [4.69, 9.17) is 5.73 Å². The lowest BCUT2D eigenvalue weighted by Crippen LogP contribution is -2.57. The van der Waals surface area contributed by atoms with Crippen LogP contribution in [-0.2, 0) is 35.2 Å². The third kappa shape index (κ3) is 9.06. The van der Waals surface area contributed by atoms with Gasteiger partial charge in [-0.2, -0.15) is 0 Å². The first-order valence-electron chi connectivity index (χ1n) is 12.9. The molecule has 1 aliphatic rings. The summed E-state index contributed by atoms with van der Waals surface area (Å²) in [7, 11) is 0. The average molecular weight is 547 g/mol. The van der Waals surface area contributed by atoms with Crippen molar-refractivity contribution in [1.82, 2.24) is 26.2 Å². The maximum atomic E-state index is 13.1. The molecule has 0 aromatic heterocycles. The Hall–Kier alpha value is -4.00. The van der Waals surface area contributed by atoms with E-state index in [9.17, 15) is 33.9 Å². The zero-order valence-electron chi connectivity index (χ0n) is 22.6. The third-order valence-corrected chi connectivity index (χ3v) is 6.38. The zero-order valence-corrected chi connectivity index (χ0v) is 22.6. The molecule has 7 N–H and O–H groups in total. The van der Waals surface area contributed by atoms with Crippen LogP contribution in [0.4, 0.5) is 0 Å². The van der Waals surface area contributed by atoms with Crippen LogP contribution in [0.1, 0.15) is 46.1 Å². The van der Waals surface area contributed by atoms with Crippen molar-refractivity contribution < 1.29 is 33.9 Å². The molecule has 6 unspecified atom stereocenters. The van der Waals surface area contributed by atoms with Crippen LogP contribution in [0.25, 0.3) is 0 Å². The number of hydrogen-bond acceptors (Lipinski definition) is 7. The van der Waals surface area contributed by atoms with Gasteiger partial charge in [0.1, 0.15) is 30.2 Å². The van der Waals surface area contributed by atoms with Gasteiger partial charge >= 0.3 is 5.97 Å². The number of benzene rings is 1. The molecule has 1 saturated heterocycles. The Labute approximate surface area is 227 Å². The Balaban J connectivity index is 1.94. The predicted octanol–water partition coefficient (Wildman–Crippen LogP) is -1.35. The van der Waals surface area contributed by atoms with Crippen molar-refractivity contribution in [3.8, 4) is 0 Å². The summed E-state index contributed by atoms with van der Waals surface area (Å²) in [6.45, 7) is 6.08. The average Bonchev–Trinajstić information content (AvgIpc) is 3.38. The number of carboxylic acid groups (broad SMARTS) is 1. The SMILES string of the molecule is CC(N)C(=O)NC(C)C(=O)NC(C)C(=O)NC(C)C(=O)N1CCCC1C(=O)NC(Cc1ccccc1)C(=O)O. The highest BCUT2D eigenvalue weighted by Gasteiger charge is 2.38. The van der Waals surface area contributed by atoms with Crippen LogP contribution in [0.2, 0.25) is 0 Å². The number of carboxylic acids is 1. The van der Waals surface area contributed by atoms with Gasteiger partial charge in [0.25, 0.3) is 0 Å². The Morgan fingerprint density at radius 3 is 1.95 bits per heavy atom. The van der Waals surface area contributed by atoms with Crippen LogP contribution in [-0.4, -0.2) is 88.3 Å². The normalized spacial score (nSPS) is 18.6. The highest BCUT2D eigenvalue weighted by atomic mass is 16.4. The molecule has 13 nitrogen and oxygen atoms in total. The van der Waals surface area contributed by atoms with Crippen molar-refractivity contribution in [3.05, 3.63) is 35.9 Å². The van der Waals surface area contributed by atoms with E-state index < -0.39 is 71.8 Å².